The van der Waals surface area contributed by atoms with Crippen LogP contribution < -0.4 is 10.6 Å². The van der Waals surface area contributed by atoms with Gasteiger partial charge in [-0.3, -0.25) is 14.4 Å². The van der Waals surface area contributed by atoms with Crippen molar-refractivity contribution in [3.8, 4) is 17.5 Å². The van der Waals surface area contributed by atoms with Crippen LogP contribution in [0.2, 0.25) is 0 Å². The average Bonchev–Trinajstić information content (AvgIpc) is 3.46. The van der Waals surface area contributed by atoms with Crippen molar-refractivity contribution >= 4 is 40.1 Å². The van der Waals surface area contributed by atoms with Crippen LogP contribution in [0.25, 0.3) is 22.3 Å². The van der Waals surface area contributed by atoms with Crippen molar-refractivity contribution in [2.75, 3.05) is 17.2 Å². The molecule has 0 atom stereocenters. The number of tetrazole rings is 1. The summed E-state index contributed by atoms with van der Waals surface area (Å²) in [6.45, 7) is 0.834. The molecule has 0 saturated carbocycles. The maximum Gasteiger partial charge on any atom is 0.303 e. The third-order valence-electron chi connectivity index (χ3n) is 4.97. The number of ether oxygens (including phenoxy) is 1. The molecule has 2 aromatic heterocycles. The Hall–Kier alpha value is -5.05. The average molecular weight is 458 g/mol. The molecule has 4 rings (SSSR count). The minimum Gasteiger partial charge on any atom is -0.456 e. The zero-order valence-electron chi connectivity index (χ0n) is 18.1. The molecule has 0 fully saturated rings. The van der Waals surface area contributed by atoms with Gasteiger partial charge in [-0.2, -0.15) is 5.26 Å². The van der Waals surface area contributed by atoms with Crippen LogP contribution in [0.1, 0.15) is 23.0 Å². The van der Waals surface area contributed by atoms with Crippen LogP contribution in [-0.2, 0) is 21.4 Å². The lowest BCUT2D eigenvalue weighted by molar-refractivity contribution is -0.144. The number of hydrogen-bond acceptors (Lipinski definition) is 8. The van der Waals surface area contributed by atoms with Crippen molar-refractivity contribution in [2.24, 2.45) is 7.05 Å². The number of nitrogens with one attached hydrogen (secondary N) is 3. The fraction of sp³-hybridized carbons (Fsp3) is 0.136. The van der Waals surface area contributed by atoms with Gasteiger partial charge in [-0.15, -0.1) is 5.10 Å². The summed E-state index contributed by atoms with van der Waals surface area (Å²) in [5, 5.41) is 29.1. The van der Waals surface area contributed by atoms with Gasteiger partial charge in [0.05, 0.1) is 22.8 Å². The van der Waals surface area contributed by atoms with E-state index in [0.717, 1.165) is 5.39 Å². The second-order valence-corrected chi connectivity index (χ2v) is 7.27. The van der Waals surface area contributed by atoms with Crippen LogP contribution in [0.15, 0.2) is 42.5 Å². The number of carbonyl (C=O) groups excluding carboxylic acids is 3. The molecule has 0 spiro atoms. The van der Waals surface area contributed by atoms with Crippen molar-refractivity contribution in [2.45, 2.75) is 6.92 Å². The summed E-state index contributed by atoms with van der Waals surface area (Å²) in [6.07, 6.45) is 0. The van der Waals surface area contributed by atoms with Crippen LogP contribution in [-0.4, -0.2) is 49.6 Å². The van der Waals surface area contributed by atoms with Crippen LogP contribution in [0.3, 0.4) is 0 Å². The minimum absolute atomic E-state index is 0.304. The first-order chi connectivity index (χ1) is 16.4. The molecule has 2 aromatic carbocycles. The Bertz CT molecular complexity index is 1450. The number of aromatic amines is 1. The Morgan fingerprint density at radius 3 is 2.68 bits per heavy atom. The lowest BCUT2D eigenvalue weighted by atomic mass is 10.1. The maximum absolute atomic E-state index is 13.1. The molecule has 0 aliphatic rings. The Morgan fingerprint density at radius 2 is 1.97 bits per heavy atom. The SMILES string of the molecule is CC(=O)OCC(=O)Nc1ccc2cc(C(=O)Nc3ccc(C#N)cc3-c3nnn[nH]3)n(C)c2c1. The highest BCUT2D eigenvalue weighted by molar-refractivity contribution is 6.08. The van der Waals surface area contributed by atoms with Crippen LogP contribution >= 0.6 is 0 Å². The Balaban J connectivity index is 1.59. The lowest BCUT2D eigenvalue weighted by Crippen LogP contribution is -2.19. The molecule has 34 heavy (non-hydrogen) atoms. The summed E-state index contributed by atoms with van der Waals surface area (Å²) in [7, 11) is 1.72. The summed E-state index contributed by atoms with van der Waals surface area (Å²) < 4.78 is 6.38. The first-order valence-electron chi connectivity index (χ1n) is 9.98. The predicted octanol–water partition coefficient (Wildman–Crippen LogP) is 1.98. The maximum atomic E-state index is 13.1. The number of nitrogens with zero attached hydrogens (tertiary/aromatic N) is 5. The molecule has 170 valence electrons. The summed E-state index contributed by atoms with van der Waals surface area (Å²) in [4.78, 5) is 35.9. The third kappa shape index (κ3) is 4.58. The predicted molar refractivity (Wildman–Crippen MR) is 120 cm³/mol. The van der Waals surface area contributed by atoms with Gasteiger partial charge < -0.3 is 19.9 Å². The molecular weight excluding hydrogens is 440 g/mol. The van der Waals surface area contributed by atoms with Crippen molar-refractivity contribution in [1.82, 2.24) is 25.2 Å². The van der Waals surface area contributed by atoms with Crippen molar-refractivity contribution in [1.29, 1.82) is 5.26 Å². The van der Waals surface area contributed by atoms with E-state index in [2.05, 4.69) is 36.0 Å². The van der Waals surface area contributed by atoms with E-state index in [4.69, 9.17) is 0 Å². The number of amides is 2. The molecule has 2 amide bonds. The third-order valence-corrected chi connectivity index (χ3v) is 4.97. The van der Waals surface area contributed by atoms with E-state index in [1.54, 1.807) is 54.1 Å². The van der Waals surface area contributed by atoms with Crippen molar-refractivity contribution < 1.29 is 19.1 Å². The fourth-order valence-corrected chi connectivity index (χ4v) is 3.37. The van der Waals surface area contributed by atoms with Gasteiger partial charge in [0.1, 0.15) is 5.69 Å². The fourth-order valence-electron chi connectivity index (χ4n) is 3.37. The second kappa shape index (κ2) is 9.21. The first kappa shape index (κ1) is 22.2. The molecule has 12 nitrogen and oxygen atoms in total. The first-order valence-corrected chi connectivity index (χ1v) is 9.98. The van der Waals surface area contributed by atoms with E-state index in [9.17, 15) is 19.6 Å². The number of H-pyrrole nitrogens is 1. The van der Waals surface area contributed by atoms with E-state index in [0.29, 0.717) is 39.5 Å². The molecule has 2 heterocycles. The second-order valence-electron chi connectivity index (χ2n) is 7.27. The molecule has 0 radical (unpaired) electrons. The Labute approximate surface area is 192 Å². The number of hydrogen-bond donors (Lipinski definition) is 3. The number of fused-ring (bicyclic) bond motifs is 1. The monoisotopic (exact) mass is 458 g/mol. The van der Waals surface area contributed by atoms with Gasteiger partial charge in [-0.25, -0.2) is 5.10 Å². The molecule has 0 bridgehead atoms. The van der Waals surface area contributed by atoms with Crippen molar-refractivity contribution in [3.05, 3.63) is 53.7 Å². The van der Waals surface area contributed by atoms with Gasteiger partial charge in [-0.05, 0) is 46.8 Å². The molecule has 0 saturated heterocycles. The van der Waals surface area contributed by atoms with Gasteiger partial charge in [0.25, 0.3) is 11.8 Å². The lowest BCUT2D eigenvalue weighted by Gasteiger charge is -2.10. The van der Waals surface area contributed by atoms with Gasteiger partial charge in [0.2, 0.25) is 0 Å². The number of esters is 1. The number of aromatic nitrogens is 5. The van der Waals surface area contributed by atoms with Crippen LogP contribution in [0, 0.1) is 11.3 Å². The molecule has 0 aliphatic carbocycles. The van der Waals surface area contributed by atoms with E-state index < -0.39 is 17.8 Å². The zero-order valence-corrected chi connectivity index (χ0v) is 18.1. The molecule has 12 heteroatoms. The number of nitriles is 1. The molecule has 4 aromatic rings. The van der Waals surface area contributed by atoms with Gasteiger partial charge >= 0.3 is 5.97 Å². The highest BCUT2D eigenvalue weighted by atomic mass is 16.5. The van der Waals surface area contributed by atoms with Crippen molar-refractivity contribution in [3.63, 3.8) is 0 Å². The molecular formula is C22H18N8O4. The van der Waals surface area contributed by atoms with E-state index in [1.165, 1.54) is 6.92 Å². The minimum atomic E-state index is -0.548. The van der Waals surface area contributed by atoms with Crippen LogP contribution in [0.4, 0.5) is 11.4 Å². The number of benzene rings is 2. The van der Waals surface area contributed by atoms with E-state index in [-0.39, 0.29) is 6.61 Å². The quantitative estimate of drug-likeness (QED) is 0.369. The number of anilines is 2. The standard InChI is InChI=1S/C22H18N8O4/c1-12(31)34-11-20(32)24-15-5-4-14-8-19(30(2)18(14)9-15)22(33)25-17-6-3-13(10-23)7-16(17)21-26-28-29-27-21/h3-9H,11H2,1-2H3,(H,24,32)(H,25,33)(H,26,27,28,29). The van der Waals surface area contributed by atoms with E-state index >= 15 is 0 Å². The Morgan fingerprint density at radius 1 is 1.15 bits per heavy atom. The van der Waals surface area contributed by atoms with E-state index in [1.807, 2.05) is 6.07 Å². The summed E-state index contributed by atoms with van der Waals surface area (Å²) >= 11 is 0. The number of rotatable bonds is 6. The van der Waals surface area contributed by atoms with Crippen LogP contribution in [0.5, 0.6) is 0 Å². The summed E-state index contributed by atoms with van der Waals surface area (Å²) in [5.41, 5.74) is 2.83. The highest BCUT2D eigenvalue weighted by Gasteiger charge is 2.18. The highest BCUT2D eigenvalue weighted by Crippen LogP contribution is 2.28. The molecule has 0 aliphatic heterocycles. The normalized spacial score (nSPS) is 10.5. The Kier molecular flexibility index (Phi) is 6.00. The topological polar surface area (TPSA) is 168 Å². The summed E-state index contributed by atoms with van der Waals surface area (Å²) in [6, 6.07) is 13.7. The number of aryl methyl sites for hydroxylation is 1. The zero-order chi connectivity index (χ0) is 24.2. The van der Waals surface area contributed by atoms with Gasteiger partial charge in [0.15, 0.2) is 12.4 Å². The summed E-state index contributed by atoms with van der Waals surface area (Å²) in [5.74, 6) is -1.11. The van der Waals surface area contributed by atoms with Gasteiger partial charge in [0, 0.05) is 30.6 Å². The molecule has 3 N–H and O–H groups in total. The smallest absolute Gasteiger partial charge is 0.303 e. The number of carbonyl (C=O) groups is 3. The largest absolute Gasteiger partial charge is 0.456 e. The molecule has 0 unspecified atom stereocenters. The van der Waals surface area contributed by atoms with Gasteiger partial charge in [-0.1, -0.05) is 6.07 Å².